The zero-order chi connectivity index (χ0) is 28.5. The van der Waals surface area contributed by atoms with Crippen LogP contribution in [0.25, 0.3) is 0 Å². The highest BCUT2D eigenvalue weighted by Gasteiger charge is 2.51. The zero-order valence-electron chi connectivity index (χ0n) is 20.6. The molecule has 1 saturated heterocycles. The van der Waals surface area contributed by atoms with Crippen LogP contribution < -0.4 is 9.64 Å². The fourth-order valence-corrected chi connectivity index (χ4v) is 3.90. The van der Waals surface area contributed by atoms with E-state index < -0.39 is 59.7 Å². The molecule has 0 saturated carbocycles. The van der Waals surface area contributed by atoms with Crippen LogP contribution in [-0.4, -0.2) is 53.3 Å². The number of rotatable bonds is 6. The standard InChI is InChI=1S/C25H25F6N3O4/c1-23(2,3)34(22(35)36)12-15-4-8-18(9-5-15)37-14-19-13-33(21(38-19)25(29,30)31)17-7-6-16(11-32)20(10-17)24(26,27)28/h4-10,19,21H,12-14H2,1-3H3,(H,35,36). The van der Waals surface area contributed by atoms with Gasteiger partial charge in [0.2, 0.25) is 6.23 Å². The first-order valence-electron chi connectivity index (χ1n) is 11.3. The van der Waals surface area contributed by atoms with Crippen molar-refractivity contribution in [3.8, 4) is 11.8 Å². The summed E-state index contributed by atoms with van der Waals surface area (Å²) in [6.07, 6.45) is -14.6. The van der Waals surface area contributed by atoms with E-state index in [1.165, 1.54) is 23.1 Å². The fraction of sp³-hybridized carbons (Fsp3) is 0.440. The Bertz CT molecular complexity index is 1190. The van der Waals surface area contributed by atoms with E-state index in [9.17, 15) is 36.2 Å². The molecule has 2 unspecified atom stereocenters. The number of amides is 1. The van der Waals surface area contributed by atoms with E-state index in [1.807, 2.05) is 0 Å². The van der Waals surface area contributed by atoms with Crippen molar-refractivity contribution in [2.24, 2.45) is 0 Å². The molecule has 0 radical (unpaired) electrons. The van der Waals surface area contributed by atoms with Crippen LogP contribution in [0.5, 0.6) is 5.75 Å². The monoisotopic (exact) mass is 545 g/mol. The molecule has 7 nitrogen and oxygen atoms in total. The highest BCUT2D eigenvalue weighted by molar-refractivity contribution is 5.66. The molecule has 2 atom stereocenters. The van der Waals surface area contributed by atoms with Gasteiger partial charge in [0.25, 0.3) is 0 Å². The summed E-state index contributed by atoms with van der Waals surface area (Å²) in [6.45, 7) is 4.62. The molecule has 38 heavy (non-hydrogen) atoms. The van der Waals surface area contributed by atoms with Crippen LogP contribution in [-0.2, 0) is 17.5 Å². The number of benzene rings is 2. The van der Waals surface area contributed by atoms with Gasteiger partial charge in [-0.2, -0.15) is 31.6 Å². The van der Waals surface area contributed by atoms with Crippen LogP contribution in [0.1, 0.15) is 37.5 Å². The summed E-state index contributed by atoms with van der Waals surface area (Å²) in [5, 5.41) is 18.4. The molecular weight excluding hydrogens is 520 g/mol. The number of hydrogen-bond acceptors (Lipinski definition) is 5. The van der Waals surface area contributed by atoms with Crippen LogP contribution in [0.4, 0.5) is 36.8 Å². The maximum absolute atomic E-state index is 13.7. The number of alkyl halides is 6. The summed E-state index contributed by atoms with van der Waals surface area (Å²) >= 11 is 0. The number of nitriles is 1. The second-order valence-electron chi connectivity index (χ2n) is 9.64. The summed E-state index contributed by atoms with van der Waals surface area (Å²) < 4.78 is 91.7. The molecule has 1 N–H and O–H groups in total. The van der Waals surface area contributed by atoms with Crippen LogP contribution in [0, 0.1) is 11.3 Å². The molecule has 0 aliphatic carbocycles. The van der Waals surface area contributed by atoms with E-state index in [1.54, 1.807) is 32.9 Å². The lowest BCUT2D eigenvalue weighted by atomic mass is 10.1. The molecule has 3 rings (SSSR count). The first kappa shape index (κ1) is 28.9. The van der Waals surface area contributed by atoms with Gasteiger partial charge in [0.1, 0.15) is 18.5 Å². The van der Waals surface area contributed by atoms with E-state index in [-0.39, 0.29) is 18.9 Å². The Kier molecular flexibility index (Phi) is 8.07. The topological polar surface area (TPSA) is 86.0 Å². The van der Waals surface area contributed by atoms with Crippen LogP contribution in [0.2, 0.25) is 0 Å². The van der Waals surface area contributed by atoms with Crippen LogP contribution >= 0.6 is 0 Å². The number of carboxylic acid groups (broad SMARTS) is 1. The summed E-state index contributed by atoms with van der Waals surface area (Å²) in [6, 6.07) is 10.0. The molecule has 1 fully saturated rings. The first-order chi connectivity index (χ1) is 17.5. The minimum Gasteiger partial charge on any atom is -0.491 e. The number of hydrogen-bond donors (Lipinski definition) is 1. The normalized spacial score (nSPS) is 18.3. The number of nitrogens with zero attached hydrogens (tertiary/aromatic N) is 3. The van der Waals surface area contributed by atoms with Gasteiger partial charge in [-0.3, -0.25) is 4.90 Å². The van der Waals surface area contributed by atoms with Gasteiger partial charge in [-0.25, -0.2) is 4.79 Å². The van der Waals surface area contributed by atoms with E-state index in [0.29, 0.717) is 16.5 Å². The predicted octanol–water partition coefficient (Wildman–Crippen LogP) is 6.03. The minimum atomic E-state index is -4.93. The van der Waals surface area contributed by atoms with E-state index in [4.69, 9.17) is 14.7 Å². The SMILES string of the molecule is CC(C)(C)N(Cc1ccc(OCC2CN(c3ccc(C#N)c(C(F)(F)F)c3)C(C(F)(F)F)O2)cc1)C(=O)O. The van der Waals surface area contributed by atoms with Crippen molar-refractivity contribution < 1.29 is 45.7 Å². The van der Waals surface area contributed by atoms with Gasteiger partial charge >= 0.3 is 18.4 Å². The highest BCUT2D eigenvalue weighted by Crippen LogP contribution is 2.39. The first-order valence-corrected chi connectivity index (χ1v) is 11.3. The third-order valence-electron chi connectivity index (χ3n) is 5.79. The Morgan fingerprint density at radius 3 is 2.26 bits per heavy atom. The number of halogens is 6. The molecule has 206 valence electrons. The molecule has 1 aliphatic rings. The lowest BCUT2D eigenvalue weighted by Crippen LogP contribution is -2.44. The van der Waals surface area contributed by atoms with Gasteiger partial charge in [-0.15, -0.1) is 0 Å². The van der Waals surface area contributed by atoms with Gasteiger partial charge in [0.15, 0.2) is 0 Å². The zero-order valence-corrected chi connectivity index (χ0v) is 20.6. The maximum Gasteiger partial charge on any atom is 0.433 e. The summed E-state index contributed by atoms with van der Waals surface area (Å²) in [4.78, 5) is 13.4. The molecular formula is C25H25F6N3O4. The Labute approximate surface area is 214 Å². The number of ether oxygens (including phenoxy) is 2. The van der Waals surface area contributed by atoms with Crippen LogP contribution in [0.15, 0.2) is 42.5 Å². The quantitative estimate of drug-likeness (QED) is 0.447. The summed E-state index contributed by atoms with van der Waals surface area (Å²) in [7, 11) is 0. The Hall–Kier alpha value is -3.66. The number of anilines is 1. The largest absolute Gasteiger partial charge is 0.491 e. The van der Waals surface area contributed by atoms with Gasteiger partial charge in [0.05, 0.1) is 23.7 Å². The Morgan fingerprint density at radius 2 is 1.76 bits per heavy atom. The van der Waals surface area contributed by atoms with E-state index in [0.717, 1.165) is 12.1 Å². The Balaban J connectivity index is 1.72. The van der Waals surface area contributed by atoms with Crippen molar-refractivity contribution in [3.05, 3.63) is 59.2 Å². The molecule has 1 heterocycles. The summed E-state index contributed by atoms with van der Waals surface area (Å²) in [5.74, 6) is 0.287. The average Bonchev–Trinajstić information content (AvgIpc) is 3.25. The second kappa shape index (κ2) is 10.6. The fourth-order valence-electron chi connectivity index (χ4n) is 3.90. The van der Waals surface area contributed by atoms with Crippen molar-refractivity contribution >= 4 is 11.8 Å². The molecule has 2 aromatic rings. The third-order valence-corrected chi connectivity index (χ3v) is 5.79. The van der Waals surface area contributed by atoms with E-state index in [2.05, 4.69) is 0 Å². The molecule has 0 bridgehead atoms. The maximum atomic E-state index is 13.7. The van der Waals surface area contributed by atoms with Gasteiger partial charge in [0, 0.05) is 17.8 Å². The molecule has 1 aliphatic heterocycles. The highest BCUT2D eigenvalue weighted by atomic mass is 19.4. The lowest BCUT2D eigenvalue weighted by Gasteiger charge is -2.33. The Morgan fingerprint density at radius 1 is 1.13 bits per heavy atom. The van der Waals surface area contributed by atoms with Gasteiger partial charge < -0.3 is 19.5 Å². The van der Waals surface area contributed by atoms with Crippen molar-refractivity contribution in [1.82, 2.24) is 4.90 Å². The third kappa shape index (κ3) is 6.80. The smallest absolute Gasteiger partial charge is 0.433 e. The van der Waals surface area contributed by atoms with Crippen LogP contribution in [0.3, 0.4) is 0 Å². The van der Waals surface area contributed by atoms with Crippen molar-refractivity contribution in [3.63, 3.8) is 0 Å². The van der Waals surface area contributed by atoms with Crippen molar-refractivity contribution in [1.29, 1.82) is 5.26 Å². The molecule has 0 spiro atoms. The number of carbonyl (C=O) groups is 1. The minimum absolute atomic E-state index is 0.109. The summed E-state index contributed by atoms with van der Waals surface area (Å²) in [5.41, 5.74) is -2.42. The van der Waals surface area contributed by atoms with Gasteiger partial charge in [-0.05, 0) is 56.7 Å². The second-order valence-corrected chi connectivity index (χ2v) is 9.64. The molecule has 1 amide bonds. The molecule has 13 heteroatoms. The molecule has 2 aromatic carbocycles. The van der Waals surface area contributed by atoms with Crippen molar-refractivity contribution in [2.75, 3.05) is 18.1 Å². The molecule has 0 aromatic heterocycles. The van der Waals surface area contributed by atoms with Crippen molar-refractivity contribution in [2.45, 2.75) is 57.5 Å². The van der Waals surface area contributed by atoms with E-state index >= 15 is 0 Å². The lowest BCUT2D eigenvalue weighted by molar-refractivity contribution is -0.215. The van der Waals surface area contributed by atoms with Gasteiger partial charge in [-0.1, -0.05) is 12.1 Å². The predicted molar refractivity (Wildman–Crippen MR) is 123 cm³/mol. The average molecular weight is 545 g/mol.